The number of aliphatic carboxylic acids is 1. The number of hydrogen-bond donors (Lipinski definition) is 3. The standard InChI is InChI=1S/C11H10BrClN2O2/c12-10-7(4-8(14)11(16)17)6-2-1-5(13)3-9(6)15-10/h1-3,8,15H,4,14H2,(H,16,17). The van der Waals surface area contributed by atoms with Gasteiger partial charge in [0, 0.05) is 22.3 Å². The van der Waals surface area contributed by atoms with Crippen LogP contribution in [0.5, 0.6) is 0 Å². The highest BCUT2D eigenvalue weighted by Crippen LogP contribution is 2.29. The van der Waals surface area contributed by atoms with Crippen LogP contribution in [0.2, 0.25) is 5.02 Å². The molecule has 0 radical (unpaired) electrons. The van der Waals surface area contributed by atoms with E-state index in [9.17, 15) is 4.79 Å². The van der Waals surface area contributed by atoms with Crippen molar-refractivity contribution in [2.24, 2.45) is 5.73 Å². The number of aromatic nitrogens is 1. The molecule has 1 atom stereocenters. The molecule has 4 nitrogen and oxygen atoms in total. The van der Waals surface area contributed by atoms with Gasteiger partial charge in [0.05, 0.1) is 4.60 Å². The van der Waals surface area contributed by atoms with Crippen LogP contribution in [0.1, 0.15) is 5.56 Å². The van der Waals surface area contributed by atoms with Crippen LogP contribution >= 0.6 is 27.5 Å². The molecule has 17 heavy (non-hydrogen) atoms. The van der Waals surface area contributed by atoms with Gasteiger partial charge in [-0.2, -0.15) is 0 Å². The predicted molar refractivity (Wildman–Crippen MR) is 70.3 cm³/mol. The molecule has 1 heterocycles. The van der Waals surface area contributed by atoms with E-state index in [0.717, 1.165) is 21.1 Å². The number of aromatic amines is 1. The fourth-order valence-electron chi connectivity index (χ4n) is 1.70. The van der Waals surface area contributed by atoms with Crippen molar-refractivity contribution in [3.05, 3.63) is 33.4 Å². The summed E-state index contributed by atoms with van der Waals surface area (Å²) in [4.78, 5) is 13.9. The van der Waals surface area contributed by atoms with Crippen molar-refractivity contribution >= 4 is 44.4 Å². The highest BCUT2D eigenvalue weighted by atomic mass is 79.9. The number of hydrogen-bond acceptors (Lipinski definition) is 2. The molecule has 0 bridgehead atoms. The number of benzene rings is 1. The average molecular weight is 318 g/mol. The summed E-state index contributed by atoms with van der Waals surface area (Å²) < 4.78 is 0.742. The van der Waals surface area contributed by atoms with Crippen molar-refractivity contribution in [3.63, 3.8) is 0 Å². The number of H-pyrrole nitrogens is 1. The maximum Gasteiger partial charge on any atom is 0.320 e. The van der Waals surface area contributed by atoms with E-state index < -0.39 is 12.0 Å². The van der Waals surface area contributed by atoms with Gasteiger partial charge in [0.15, 0.2) is 0 Å². The molecule has 6 heteroatoms. The first kappa shape index (κ1) is 12.4. The van der Waals surface area contributed by atoms with Crippen LogP contribution in [0.4, 0.5) is 0 Å². The van der Waals surface area contributed by atoms with Gasteiger partial charge in [0.1, 0.15) is 6.04 Å². The maximum absolute atomic E-state index is 10.8. The normalized spacial score (nSPS) is 12.9. The lowest BCUT2D eigenvalue weighted by Crippen LogP contribution is -2.32. The van der Waals surface area contributed by atoms with E-state index in [1.165, 1.54) is 0 Å². The Hall–Kier alpha value is -1.04. The van der Waals surface area contributed by atoms with Crippen LogP contribution in [-0.2, 0) is 11.2 Å². The van der Waals surface area contributed by atoms with Crippen molar-refractivity contribution < 1.29 is 9.90 Å². The van der Waals surface area contributed by atoms with Gasteiger partial charge >= 0.3 is 5.97 Å². The Morgan fingerprint density at radius 1 is 1.59 bits per heavy atom. The molecule has 1 aromatic carbocycles. The first-order valence-electron chi connectivity index (χ1n) is 4.93. The minimum absolute atomic E-state index is 0.261. The highest BCUT2D eigenvalue weighted by Gasteiger charge is 2.17. The van der Waals surface area contributed by atoms with Crippen molar-refractivity contribution in [1.82, 2.24) is 4.98 Å². The second kappa shape index (κ2) is 4.68. The molecule has 0 saturated heterocycles. The molecule has 0 amide bonds. The Kier molecular flexibility index (Phi) is 3.42. The topological polar surface area (TPSA) is 79.1 Å². The summed E-state index contributed by atoms with van der Waals surface area (Å²) in [5.74, 6) is -1.01. The first-order chi connectivity index (χ1) is 7.99. The molecule has 1 aromatic heterocycles. The van der Waals surface area contributed by atoms with Crippen LogP contribution in [-0.4, -0.2) is 22.1 Å². The summed E-state index contributed by atoms with van der Waals surface area (Å²) in [5, 5.41) is 10.4. The summed E-state index contributed by atoms with van der Waals surface area (Å²) in [7, 11) is 0. The average Bonchev–Trinajstić information content (AvgIpc) is 2.54. The molecule has 1 unspecified atom stereocenters. The molecule has 0 fully saturated rings. The number of fused-ring (bicyclic) bond motifs is 1. The summed E-state index contributed by atoms with van der Waals surface area (Å²) in [6.45, 7) is 0. The molecule has 2 aromatic rings. The van der Waals surface area contributed by atoms with Crippen LogP contribution in [0.25, 0.3) is 10.9 Å². The quantitative estimate of drug-likeness (QED) is 0.814. The Morgan fingerprint density at radius 2 is 2.29 bits per heavy atom. The molecule has 0 aliphatic carbocycles. The van der Waals surface area contributed by atoms with E-state index >= 15 is 0 Å². The molecule has 0 aliphatic heterocycles. The van der Waals surface area contributed by atoms with Crippen molar-refractivity contribution in [2.75, 3.05) is 0 Å². The molecule has 2 rings (SSSR count). The van der Waals surface area contributed by atoms with Gasteiger partial charge in [0.25, 0.3) is 0 Å². The smallest absolute Gasteiger partial charge is 0.320 e. The van der Waals surface area contributed by atoms with E-state index in [1.54, 1.807) is 12.1 Å². The second-order valence-corrected chi connectivity index (χ2v) is 4.99. The molecular formula is C11H10BrClN2O2. The fourth-order valence-corrected chi connectivity index (χ4v) is 2.46. The SMILES string of the molecule is NC(Cc1c(Br)[nH]c2cc(Cl)ccc12)C(=O)O. The van der Waals surface area contributed by atoms with Gasteiger partial charge < -0.3 is 15.8 Å². The Bertz CT molecular complexity index is 582. The molecule has 0 saturated carbocycles. The third-order valence-electron chi connectivity index (χ3n) is 2.56. The van der Waals surface area contributed by atoms with Crippen molar-refractivity contribution in [1.29, 1.82) is 0 Å². The van der Waals surface area contributed by atoms with Crippen LogP contribution in [0.3, 0.4) is 0 Å². The zero-order valence-corrected chi connectivity index (χ0v) is 11.0. The first-order valence-corrected chi connectivity index (χ1v) is 6.10. The molecule has 90 valence electrons. The Balaban J connectivity index is 2.46. The third kappa shape index (κ3) is 2.46. The van der Waals surface area contributed by atoms with Gasteiger partial charge in [0.2, 0.25) is 0 Å². The van der Waals surface area contributed by atoms with Crippen LogP contribution < -0.4 is 5.73 Å². The minimum atomic E-state index is -1.01. The Labute approximate surface area is 111 Å². The lowest BCUT2D eigenvalue weighted by molar-refractivity contribution is -0.138. The highest BCUT2D eigenvalue weighted by molar-refractivity contribution is 9.10. The summed E-state index contributed by atoms with van der Waals surface area (Å²) in [5.41, 5.74) is 7.25. The third-order valence-corrected chi connectivity index (χ3v) is 3.47. The number of nitrogens with two attached hydrogens (primary N) is 1. The van der Waals surface area contributed by atoms with E-state index in [-0.39, 0.29) is 6.42 Å². The molecule has 0 aliphatic rings. The summed E-state index contributed by atoms with van der Waals surface area (Å²) in [6.07, 6.45) is 0.261. The number of nitrogens with one attached hydrogen (secondary N) is 1. The van der Waals surface area contributed by atoms with Crippen molar-refractivity contribution in [3.8, 4) is 0 Å². The number of carbonyl (C=O) groups is 1. The van der Waals surface area contributed by atoms with E-state index in [0.29, 0.717) is 5.02 Å². The van der Waals surface area contributed by atoms with Gasteiger partial charge in [-0.3, -0.25) is 4.79 Å². The van der Waals surface area contributed by atoms with E-state index in [1.807, 2.05) is 6.07 Å². The van der Waals surface area contributed by atoms with E-state index in [4.69, 9.17) is 22.4 Å². The second-order valence-electron chi connectivity index (χ2n) is 3.76. The van der Waals surface area contributed by atoms with Gasteiger partial charge in [-0.25, -0.2) is 0 Å². The van der Waals surface area contributed by atoms with Crippen molar-refractivity contribution in [2.45, 2.75) is 12.5 Å². The summed E-state index contributed by atoms with van der Waals surface area (Å²) >= 11 is 9.25. The summed E-state index contributed by atoms with van der Waals surface area (Å²) in [6, 6.07) is 4.49. The fraction of sp³-hybridized carbons (Fsp3) is 0.182. The van der Waals surface area contributed by atoms with E-state index in [2.05, 4.69) is 20.9 Å². The number of rotatable bonds is 3. The molecule has 4 N–H and O–H groups in total. The van der Waals surface area contributed by atoms with Gasteiger partial charge in [-0.1, -0.05) is 17.7 Å². The zero-order valence-electron chi connectivity index (χ0n) is 8.71. The Morgan fingerprint density at radius 3 is 2.94 bits per heavy atom. The van der Waals surface area contributed by atoms with Gasteiger partial charge in [-0.15, -0.1) is 0 Å². The molecular weight excluding hydrogens is 307 g/mol. The monoisotopic (exact) mass is 316 g/mol. The number of halogens is 2. The molecule has 0 spiro atoms. The van der Waals surface area contributed by atoms with Crippen LogP contribution in [0, 0.1) is 0 Å². The van der Waals surface area contributed by atoms with Crippen LogP contribution in [0.15, 0.2) is 22.8 Å². The number of carboxylic acids is 1. The minimum Gasteiger partial charge on any atom is -0.480 e. The zero-order chi connectivity index (χ0) is 12.6. The largest absolute Gasteiger partial charge is 0.480 e. The maximum atomic E-state index is 10.8. The lowest BCUT2D eigenvalue weighted by Gasteiger charge is -2.05. The predicted octanol–water partition coefficient (Wildman–Crippen LogP) is 2.54. The lowest BCUT2D eigenvalue weighted by atomic mass is 10.1. The number of carboxylic acid groups (broad SMARTS) is 1. The van der Waals surface area contributed by atoms with Gasteiger partial charge in [-0.05, 0) is 33.6 Å².